The van der Waals surface area contributed by atoms with Crippen molar-refractivity contribution in [1.82, 2.24) is 30.4 Å². The van der Waals surface area contributed by atoms with Crippen LogP contribution in [0.5, 0.6) is 0 Å². The minimum atomic E-state index is -0.738. The van der Waals surface area contributed by atoms with E-state index in [-0.39, 0.29) is 23.8 Å². The molecule has 21 heavy (non-hydrogen) atoms. The molecule has 2 saturated heterocycles. The van der Waals surface area contributed by atoms with Crippen molar-refractivity contribution in [3.8, 4) is 0 Å². The molecule has 1 atom stereocenters. The zero-order valence-electron chi connectivity index (χ0n) is 11.6. The molecule has 0 spiro atoms. The van der Waals surface area contributed by atoms with Gasteiger partial charge in [0, 0.05) is 19.1 Å². The van der Waals surface area contributed by atoms with Crippen LogP contribution in [0.2, 0.25) is 0 Å². The Morgan fingerprint density at radius 2 is 1.95 bits per heavy atom. The maximum atomic E-state index is 12.1. The lowest BCUT2D eigenvalue weighted by molar-refractivity contribution is -0.143. The van der Waals surface area contributed by atoms with E-state index in [4.69, 9.17) is 0 Å². The summed E-state index contributed by atoms with van der Waals surface area (Å²) >= 11 is 0. The number of amides is 1. The van der Waals surface area contributed by atoms with E-state index in [1.165, 1.54) is 0 Å². The number of likely N-dealkylation sites (tertiary alicyclic amines) is 2. The average Bonchev–Trinajstić information content (AvgIpc) is 3.18. The highest BCUT2D eigenvalue weighted by molar-refractivity contribution is 5.90. The smallest absolute Gasteiger partial charge is 0.320 e. The summed E-state index contributed by atoms with van der Waals surface area (Å²) in [6.07, 6.45) is 3.22. The van der Waals surface area contributed by atoms with Gasteiger partial charge in [0.1, 0.15) is 6.04 Å². The molecule has 2 aliphatic heterocycles. The molecule has 0 aromatic carbocycles. The number of hydrogen-bond donors (Lipinski definition) is 2. The van der Waals surface area contributed by atoms with Crippen molar-refractivity contribution in [1.29, 1.82) is 0 Å². The first-order chi connectivity index (χ1) is 10.2. The molecule has 1 aromatic rings. The van der Waals surface area contributed by atoms with E-state index in [9.17, 15) is 14.7 Å². The Kier molecular flexibility index (Phi) is 3.82. The maximum absolute atomic E-state index is 12.1. The molecular formula is C12H18N6O3. The number of H-pyrrole nitrogens is 1. The lowest BCUT2D eigenvalue weighted by atomic mass is 10.0. The molecule has 9 nitrogen and oxygen atoms in total. The molecule has 9 heteroatoms. The fraction of sp³-hybridized carbons (Fsp3) is 0.750. The van der Waals surface area contributed by atoms with Crippen LogP contribution in [0.25, 0.3) is 0 Å². The number of carbonyl (C=O) groups excluding carboxylic acids is 1. The molecule has 1 aromatic heterocycles. The zero-order chi connectivity index (χ0) is 14.8. The first kappa shape index (κ1) is 13.9. The number of aromatic nitrogens is 4. The van der Waals surface area contributed by atoms with Gasteiger partial charge in [-0.3, -0.25) is 14.5 Å². The van der Waals surface area contributed by atoms with Crippen molar-refractivity contribution >= 4 is 11.9 Å². The van der Waals surface area contributed by atoms with E-state index in [2.05, 4.69) is 25.5 Å². The number of carbonyl (C=O) groups is 2. The van der Waals surface area contributed by atoms with Crippen LogP contribution in [-0.4, -0.2) is 79.1 Å². The molecule has 0 bridgehead atoms. The molecule has 2 N–H and O–H groups in total. The van der Waals surface area contributed by atoms with Crippen molar-refractivity contribution in [2.45, 2.75) is 37.8 Å². The molecule has 3 rings (SSSR count). The topological polar surface area (TPSA) is 115 Å². The number of rotatable bonds is 3. The molecule has 3 heterocycles. The molecular weight excluding hydrogens is 276 g/mol. The summed E-state index contributed by atoms with van der Waals surface area (Å²) in [6.45, 7) is 2.03. The van der Waals surface area contributed by atoms with Gasteiger partial charge in [0.25, 0.3) is 11.7 Å². The fourth-order valence-corrected chi connectivity index (χ4v) is 3.29. The number of nitrogens with zero attached hydrogens (tertiary/aromatic N) is 5. The number of aliphatic carboxylic acids is 1. The van der Waals surface area contributed by atoms with Crippen molar-refractivity contribution < 1.29 is 14.7 Å². The van der Waals surface area contributed by atoms with Crippen molar-refractivity contribution in [3.63, 3.8) is 0 Å². The molecule has 1 unspecified atom stereocenters. The summed E-state index contributed by atoms with van der Waals surface area (Å²) < 4.78 is 0. The van der Waals surface area contributed by atoms with Crippen molar-refractivity contribution in [3.05, 3.63) is 5.82 Å². The summed E-state index contributed by atoms with van der Waals surface area (Å²) in [5.41, 5.74) is 0. The van der Waals surface area contributed by atoms with Crippen molar-refractivity contribution in [2.75, 3.05) is 19.6 Å². The third-order valence-corrected chi connectivity index (χ3v) is 4.34. The van der Waals surface area contributed by atoms with Crippen LogP contribution < -0.4 is 0 Å². The summed E-state index contributed by atoms with van der Waals surface area (Å²) in [5, 5.41) is 22.3. The van der Waals surface area contributed by atoms with Gasteiger partial charge in [-0.15, -0.1) is 10.2 Å². The van der Waals surface area contributed by atoms with Crippen LogP contribution in [0.1, 0.15) is 36.3 Å². The third kappa shape index (κ3) is 2.73. The summed E-state index contributed by atoms with van der Waals surface area (Å²) in [7, 11) is 0. The second-order valence-electron chi connectivity index (χ2n) is 5.49. The van der Waals surface area contributed by atoms with E-state index in [0.29, 0.717) is 13.1 Å². The molecule has 114 valence electrons. The van der Waals surface area contributed by atoms with Gasteiger partial charge in [-0.1, -0.05) is 0 Å². The van der Waals surface area contributed by atoms with Gasteiger partial charge in [-0.2, -0.15) is 5.21 Å². The Morgan fingerprint density at radius 1 is 1.19 bits per heavy atom. The van der Waals surface area contributed by atoms with Gasteiger partial charge < -0.3 is 10.0 Å². The van der Waals surface area contributed by atoms with E-state index < -0.39 is 5.97 Å². The van der Waals surface area contributed by atoms with Crippen LogP contribution in [0.3, 0.4) is 0 Å². The standard InChI is InChI=1S/C12H18N6O3/c19-11(10-13-15-16-14-10)17-6-3-8(4-7-17)18-5-1-2-9(18)12(20)21/h8-9H,1-7H2,(H,20,21)(H,13,14,15,16). The Bertz CT molecular complexity index is 511. The van der Waals surface area contributed by atoms with E-state index in [1.54, 1.807) is 4.90 Å². The SMILES string of the molecule is O=C(O)C1CCCN1C1CCN(C(=O)c2nn[nH]n2)CC1. The highest BCUT2D eigenvalue weighted by Crippen LogP contribution is 2.26. The highest BCUT2D eigenvalue weighted by Gasteiger charge is 2.37. The van der Waals surface area contributed by atoms with Crippen LogP contribution >= 0.6 is 0 Å². The number of hydrogen-bond acceptors (Lipinski definition) is 6. The molecule has 0 radical (unpaired) electrons. The number of aromatic amines is 1. The summed E-state index contributed by atoms with van der Waals surface area (Å²) in [4.78, 5) is 27.1. The van der Waals surface area contributed by atoms with E-state index >= 15 is 0 Å². The van der Waals surface area contributed by atoms with Crippen LogP contribution in [0.15, 0.2) is 0 Å². The number of tetrazole rings is 1. The van der Waals surface area contributed by atoms with Crippen molar-refractivity contribution in [2.24, 2.45) is 0 Å². The van der Waals surface area contributed by atoms with Gasteiger partial charge in [0.15, 0.2) is 0 Å². The molecule has 2 fully saturated rings. The number of carboxylic acids is 1. The minimum absolute atomic E-state index is 0.0815. The lowest BCUT2D eigenvalue weighted by Gasteiger charge is -2.37. The Balaban J connectivity index is 1.58. The van der Waals surface area contributed by atoms with Gasteiger partial charge in [0.2, 0.25) is 0 Å². The molecule has 0 aliphatic carbocycles. The Morgan fingerprint density at radius 3 is 2.57 bits per heavy atom. The highest BCUT2D eigenvalue weighted by atomic mass is 16.4. The maximum Gasteiger partial charge on any atom is 0.320 e. The molecule has 2 aliphatic rings. The fourth-order valence-electron chi connectivity index (χ4n) is 3.29. The predicted molar refractivity (Wildman–Crippen MR) is 70.5 cm³/mol. The third-order valence-electron chi connectivity index (χ3n) is 4.34. The predicted octanol–water partition coefficient (Wildman–Crippen LogP) is -0.647. The first-order valence-corrected chi connectivity index (χ1v) is 7.18. The monoisotopic (exact) mass is 294 g/mol. The normalized spacial score (nSPS) is 24.4. The van der Waals surface area contributed by atoms with Crippen LogP contribution in [0, 0.1) is 0 Å². The zero-order valence-corrected chi connectivity index (χ0v) is 11.6. The Labute approximate surface area is 121 Å². The second-order valence-corrected chi connectivity index (χ2v) is 5.49. The first-order valence-electron chi connectivity index (χ1n) is 7.18. The van der Waals surface area contributed by atoms with Crippen LogP contribution in [-0.2, 0) is 4.79 Å². The van der Waals surface area contributed by atoms with Gasteiger partial charge in [-0.05, 0) is 37.4 Å². The number of carboxylic acid groups (broad SMARTS) is 1. The van der Waals surface area contributed by atoms with E-state index in [1.807, 2.05) is 0 Å². The summed E-state index contributed by atoms with van der Waals surface area (Å²) in [6, 6.07) is -0.127. The minimum Gasteiger partial charge on any atom is -0.480 e. The molecule has 1 amide bonds. The lowest BCUT2D eigenvalue weighted by Crippen LogP contribution is -2.50. The van der Waals surface area contributed by atoms with E-state index in [0.717, 1.165) is 32.2 Å². The van der Waals surface area contributed by atoms with Gasteiger partial charge in [0.05, 0.1) is 0 Å². The largest absolute Gasteiger partial charge is 0.480 e. The second kappa shape index (κ2) is 5.76. The average molecular weight is 294 g/mol. The Hall–Kier alpha value is -2.03. The number of nitrogens with one attached hydrogen (secondary N) is 1. The number of piperidine rings is 1. The molecule has 0 saturated carbocycles. The quantitative estimate of drug-likeness (QED) is 0.761. The summed E-state index contributed by atoms with van der Waals surface area (Å²) in [5.74, 6) is -0.880. The van der Waals surface area contributed by atoms with Gasteiger partial charge in [-0.25, -0.2) is 0 Å². The van der Waals surface area contributed by atoms with Gasteiger partial charge >= 0.3 is 5.97 Å². The van der Waals surface area contributed by atoms with Crippen LogP contribution in [0.4, 0.5) is 0 Å².